The number of hydrogen-bond donors (Lipinski definition) is 1. The van der Waals surface area contributed by atoms with Crippen molar-refractivity contribution >= 4 is 12.4 Å². The minimum absolute atomic E-state index is 0. The molecular weight excluding hydrogens is 405 g/mol. The Hall–Kier alpha value is -2.42. The summed E-state index contributed by atoms with van der Waals surface area (Å²) in [6.45, 7) is 1.84. The lowest BCUT2D eigenvalue weighted by atomic mass is 9.95. The Bertz CT molecular complexity index is 948. The smallest absolute Gasteiger partial charge is 0.338 e. The predicted molar refractivity (Wildman–Crippen MR) is 104 cm³/mol. The number of nitrogens with two attached hydrogens (primary N) is 1. The molecule has 2 N–H and O–H groups in total. The number of hydrogen-bond acceptors (Lipinski definition) is 5. The highest BCUT2D eigenvalue weighted by molar-refractivity contribution is 5.85. The first-order chi connectivity index (χ1) is 13.4. The van der Waals surface area contributed by atoms with Crippen molar-refractivity contribution in [2.24, 2.45) is 5.73 Å². The van der Waals surface area contributed by atoms with Gasteiger partial charge in [-0.15, -0.1) is 12.4 Å². The molecule has 1 saturated heterocycles. The van der Waals surface area contributed by atoms with Crippen molar-refractivity contribution in [2.75, 3.05) is 13.1 Å². The number of nitrogens with zero attached hydrogens (tertiary/aromatic N) is 3. The zero-order valence-electron chi connectivity index (χ0n) is 15.3. The molecular formula is C20H20ClF3N4O. The van der Waals surface area contributed by atoms with E-state index < -0.39 is 11.7 Å². The lowest BCUT2D eigenvalue weighted by molar-refractivity contribution is -0.137. The zero-order valence-corrected chi connectivity index (χ0v) is 16.2. The number of benzene rings is 2. The average molecular weight is 425 g/mol. The number of halogens is 4. The van der Waals surface area contributed by atoms with Gasteiger partial charge in [0.2, 0.25) is 11.7 Å². The standard InChI is InChI=1S/C20H19F3N4O.ClH/c21-20(22,23)15-8-4-7-14(9-15)19-25-18(28-26-19)12-27-10-16(17(24)11-27)13-5-2-1-3-6-13;/h1-9,16-17H,10-12,24H2;1H/t16-,17+;/m0./s1. The van der Waals surface area contributed by atoms with Gasteiger partial charge in [0.1, 0.15) is 0 Å². The van der Waals surface area contributed by atoms with Gasteiger partial charge >= 0.3 is 6.18 Å². The third kappa shape index (κ3) is 4.77. The molecule has 29 heavy (non-hydrogen) atoms. The van der Waals surface area contributed by atoms with Gasteiger partial charge in [0.15, 0.2) is 0 Å². The van der Waals surface area contributed by atoms with Crippen LogP contribution in [0.5, 0.6) is 0 Å². The highest BCUT2D eigenvalue weighted by atomic mass is 35.5. The Labute approximate surface area is 172 Å². The molecule has 1 aliphatic heterocycles. The number of likely N-dealkylation sites (tertiary alicyclic amines) is 1. The van der Waals surface area contributed by atoms with Gasteiger partial charge < -0.3 is 10.3 Å². The number of alkyl halides is 3. The van der Waals surface area contributed by atoms with Crippen molar-refractivity contribution < 1.29 is 17.7 Å². The monoisotopic (exact) mass is 424 g/mol. The molecule has 2 heterocycles. The molecule has 1 aromatic heterocycles. The Kier molecular flexibility index (Phi) is 6.26. The summed E-state index contributed by atoms with van der Waals surface area (Å²) in [5, 5.41) is 3.84. The van der Waals surface area contributed by atoms with Gasteiger partial charge in [0.25, 0.3) is 0 Å². The fourth-order valence-electron chi connectivity index (χ4n) is 3.56. The lowest BCUT2D eigenvalue weighted by Crippen LogP contribution is -2.28. The largest absolute Gasteiger partial charge is 0.416 e. The van der Waals surface area contributed by atoms with E-state index in [1.807, 2.05) is 18.2 Å². The molecule has 154 valence electrons. The van der Waals surface area contributed by atoms with E-state index in [2.05, 4.69) is 27.2 Å². The lowest BCUT2D eigenvalue weighted by Gasteiger charge is -2.14. The van der Waals surface area contributed by atoms with Gasteiger partial charge in [-0.1, -0.05) is 47.6 Å². The summed E-state index contributed by atoms with van der Waals surface area (Å²) < 4.78 is 43.9. The van der Waals surface area contributed by atoms with Gasteiger partial charge in [-0.2, -0.15) is 18.2 Å². The Morgan fingerprint density at radius 2 is 1.83 bits per heavy atom. The fourth-order valence-corrected chi connectivity index (χ4v) is 3.56. The summed E-state index contributed by atoms with van der Waals surface area (Å²) in [7, 11) is 0. The van der Waals surface area contributed by atoms with Crippen LogP contribution in [-0.4, -0.2) is 34.2 Å². The quantitative estimate of drug-likeness (QED) is 0.682. The molecule has 0 radical (unpaired) electrons. The first-order valence-electron chi connectivity index (χ1n) is 8.93. The van der Waals surface area contributed by atoms with Gasteiger partial charge in [0.05, 0.1) is 12.1 Å². The van der Waals surface area contributed by atoms with E-state index in [0.29, 0.717) is 19.0 Å². The predicted octanol–water partition coefficient (Wildman–Crippen LogP) is 4.10. The highest BCUT2D eigenvalue weighted by Crippen LogP contribution is 2.32. The molecule has 1 aliphatic rings. The zero-order chi connectivity index (χ0) is 19.7. The SMILES string of the molecule is Cl.N[C@@H]1CN(Cc2nc(-c3cccc(C(F)(F)F)c3)no2)C[C@H]1c1ccccc1. The van der Waals surface area contributed by atoms with E-state index in [9.17, 15) is 13.2 Å². The molecule has 5 nitrogen and oxygen atoms in total. The molecule has 0 unspecified atom stereocenters. The first kappa shape index (κ1) is 21.3. The molecule has 3 aromatic rings. The van der Waals surface area contributed by atoms with E-state index in [1.54, 1.807) is 0 Å². The summed E-state index contributed by atoms with van der Waals surface area (Å²) in [5.74, 6) is 0.713. The molecule has 0 bridgehead atoms. The molecule has 2 aromatic carbocycles. The molecule has 0 saturated carbocycles. The molecule has 0 amide bonds. The topological polar surface area (TPSA) is 68.2 Å². The van der Waals surface area contributed by atoms with Crippen LogP contribution in [0.15, 0.2) is 59.1 Å². The van der Waals surface area contributed by atoms with Crippen LogP contribution in [0.2, 0.25) is 0 Å². The maximum absolute atomic E-state index is 12.9. The summed E-state index contributed by atoms with van der Waals surface area (Å²) in [4.78, 5) is 6.38. The van der Waals surface area contributed by atoms with E-state index in [-0.39, 0.29) is 35.8 Å². The maximum atomic E-state index is 12.9. The molecule has 4 rings (SSSR count). The third-order valence-electron chi connectivity index (χ3n) is 4.94. The van der Waals surface area contributed by atoms with E-state index in [4.69, 9.17) is 10.3 Å². The fraction of sp³-hybridized carbons (Fsp3) is 0.300. The van der Waals surface area contributed by atoms with Crippen molar-refractivity contribution in [1.82, 2.24) is 15.0 Å². The van der Waals surface area contributed by atoms with Crippen LogP contribution in [0.3, 0.4) is 0 Å². The van der Waals surface area contributed by atoms with E-state index >= 15 is 0 Å². The van der Waals surface area contributed by atoms with Crippen molar-refractivity contribution in [3.05, 3.63) is 71.6 Å². The maximum Gasteiger partial charge on any atom is 0.416 e. The number of rotatable bonds is 4. The average Bonchev–Trinajstić information content (AvgIpc) is 3.29. The van der Waals surface area contributed by atoms with Gasteiger partial charge in [-0.25, -0.2) is 0 Å². The van der Waals surface area contributed by atoms with Crippen LogP contribution < -0.4 is 5.73 Å². The van der Waals surface area contributed by atoms with Gasteiger partial charge in [0, 0.05) is 30.6 Å². The summed E-state index contributed by atoms with van der Waals surface area (Å²) >= 11 is 0. The van der Waals surface area contributed by atoms with E-state index in [0.717, 1.165) is 18.7 Å². The summed E-state index contributed by atoms with van der Waals surface area (Å²) in [6.07, 6.45) is -4.42. The molecule has 0 spiro atoms. The van der Waals surface area contributed by atoms with Crippen LogP contribution in [0.25, 0.3) is 11.4 Å². The highest BCUT2D eigenvalue weighted by Gasteiger charge is 2.33. The third-order valence-corrected chi connectivity index (χ3v) is 4.94. The molecule has 2 atom stereocenters. The number of aromatic nitrogens is 2. The summed E-state index contributed by atoms with van der Waals surface area (Å²) in [6, 6.07) is 15.0. The Morgan fingerprint density at radius 1 is 1.07 bits per heavy atom. The van der Waals surface area contributed by atoms with Crippen molar-refractivity contribution in [3.8, 4) is 11.4 Å². The second-order valence-electron chi connectivity index (χ2n) is 6.97. The molecule has 1 fully saturated rings. The Balaban J connectivity index is 0.00000240. The normalized spacial score (nSPS) is 19.9. The van der Waals surface area contributed by atoms with Gasteiger partial charge in [-0.05, 0) is 17.7 Å². The summed E-state index contributed by atoms with van der Waals surface area (Å²) in [5.41, 5.74) is 7.01. The molecule has 0 aliphatic carbocycles. The van der Waals surface area contributed by atoms with Crippen molar-refractivity contribution in [1.29, 1.82) is 0 Å². The van der Waals surface area contributed by atoms with Crippen LogP contribution in [-0.2, 0) is 12.7 Å². The second kappa shape index (κ2) is 8.52. The minimum Gasteiger partial charge on any atom is -0.338 e. The minimum atomic E-state index is -4.42. The molecule has 9 heteroatoms. The van der Waals surface area contributed by atoms with Crippen molar-refractivity contribution in [2.45, 2.75) is 24.7 Å². The second-order valence-corrected chi connectivity index (χ2v) is 6.97. The van der Waals surface area contributed by atoms with Crippen LogP contribution in [0.1, 0.15) is 22.9 Å². The van der Waals surface area contributed by atoms with Crippen molar-refractivity contribution in [3.63, 3.8) is 0 Å². The van der Waals surface area contributed by atoms with E-state index in [1.165, 1.54) is 17.7 Å². The van der Waals surface area contributed by atoms with Gasteiger partial charge in [-0.3, -0.25) is 4.90 Å². The Morgan fingerprint density at radius 3 is 2.55 bits per heavy atom. The van der Waals surface area contributed by atoms with Crippen LogP contribution >= 0.6 is 12.4 Å². The first-order valence-corrected chi connectivity index (χ1v) is 8.93. The van der Waals surface area contributed by atoms with Crippen LogP contribution in [0.4, 0.5) is 13.2 Å². The van der Waals surface area contributed by atoms with Crippen LogP contribution in [0, 0.1) is 0 Å².